The third-order valence-corrected chi connectivity index (χ3v) is 5.81. The molecule has 4 rings (SSSR count). The molecule has 0 bridgehead atoms. The zero-order valence-corrected chi connectivity index (χ0v) is 16.4. The van der Waals surface area contributed by atoms with Crippen LogP contribution in [0.25, 0.3) is 15.9 Å². The lowest BCUT2D eigenvalue weighted by molar-refractivity contribution is -0.129. The molecule has 1 saturated carbocycles. The molecule has 1 fully saturated rings. The minimum absolute atomic E-state index is 0.229. The molecule has 2 aromatic heterocycles. The number of hydrogen-bond acceptors (Lipinski definition) is 5. The van der Waals surface area contributed by atoms with Crippen molar-refractivity contribution < 1.29 is 14.3 Å². The SMILES string of the molecule is Cc1nn(-c2ccccc2Cl)c2sc(C(=O)O[C@@H](C)C(=O)NC3CC3)cc12. The molecule has 1 amide bonds. The highest BCUT2D eigenvalue weighted by Crippen LogP contribution is 2.32. The Hall–Kier alpha value is -2.38. The summed E-state index contributed by atoms with van der Waals surface area (Å²) in [6, 6.07) is 9.38. The van der Waals surface area contributed by atoms with Crippen LogP contribution in [-0.4, -0.2) is 33.8 Å². The standard InChI is InChI=1S/C19H18ClN3O3S/c1-10-13-9-16(19(25)26-11(2)17(24)21-12-7-8-12)27-18(13)23(22-10)15-6-4-3-5-14(15)20/h3-6,9,11-12H,7-8H2,1-2H3,(H,21,24)/t11-/m0/s1. The monoisotopic (exact) mass is 403 g/mol. The van der Waals surface area contributed by atoms with Gasteiger partial charge >= 0.3 is 5.97 Å². The molecule has 0 aliphatic heterocycles. The number of ether oxygens (including phenoxy) is 1. The molecular weight excluding hydrogens is 386 g/mol. The second kappa shape index (κ2) is 6.98. The van der Waals surface area contributed by atoms with Gasteiger partial charge in [0.25, 0.3) is 5.91 Å². The minimum atomic E-state index is -0.829. The number of amides is 1. The number of benzene rings is 1. The second-order valence-electron chi connectivity index (χ2n) is 6.61. The summed E-state index contributed by atoms with van der Waals surface area (Å²) in [4.78, 5) is 25.7. The van der Waals surface area contributed by atoms with Crippen molar-refractivity contribution in [3.63, 3.8) is 0 Å². The van der Waals surface area contributed by atoms with Gasteiger partial charge in [0.05, 0.1) is 16.4 Å². The lowest BCUT2D eigenvalue weighted by Gasteiger charge is -2.12. The third kappa shape index (κ3) is 3.57. The number of aryl methyl sites for hydroxylation is 1. The van der Waals surface area contributed by atoms with Crippen molar-refractivity contribution >= 4 is 45.0 Å². The molecule has 8 heteroatoms. The van der Waals surface area contributed by atoms with E-state index in [0.717, 1.165) is 34.4 Å². The van der Waals surface area contributed by atoms with E-state index in [4.69, 9.17) is 16.3 Å². The molecule has 0 saturated heterocycles. The summed E-state index contributed by atoms with van der Waals surface area (Å²) in [5, 5.41) is 8.81. The van der Waals surface area contributed by atoms with Crippen LogP contribution in [-0.2, 0) is 9.53 Å². The summed E-state index contributed by atoms with van der Waals surface area (Å²) in [5.41, 5.74) is 1.54. The number of rotatable bonds is 5. The van der Waals surface area contributed by atoms with Gasteiger partial charge in [-0.05, 0) is 44.9 Å². The molecule has 1 aromatic carbocycles. The Bertz CT molecular complexity index is 1040. The van der Waals surface area contributed by atoms with Crippen LogP contribution in [0.2, 0.25) is 5.02 Å². The summed E-state index contributed by atoms with van der Waals surface area (Å²) in [6.45, 7) is 3.46. The van der Waals surface area contributed by atoms with Crippen molar-refractivity contribution in [2.45, 2.75) is 38.8 Å². The number of para-hydroxylation sites is 1. The minimum Gasteiger partial charge on any atom is -0.448 e. The number of carbonyl (C=O) groups is 2. The van der Waals surface area contributed by atoms with Crippen LogP contribution >= 0.6 is 22.9 Å². The van der Waals surface area contributed by atoms with E-state index >= 15 is 0 Å². The van der Waals surface area contributed by atoms with Crippen LogP contribution in [0, 0.1) is 6.92 Å². The highest BCUT2D eigenvalue weighted by atomic mass is 35.5. The van der Waals surface area contributed by atoms with Crippen LogP contribution in [0.1, 0.15) is 35.1 Å². The first-order valence-electron chi connectivity index (χ1n) is 8.69. The summed E-state index contributed by atoms with van der Waals surface area (Å²) in [6.07, 6.45) is 1.14. The Labute approximate surface area is 165 Å². The number of aromatic nitrogens is 2. The molecule has 6 nitrogen and oxygen atoms in total. The first-order chi connectivity index (χ1) is 12.9. The number of nitrogens with one attached hydrogen (secondary N) is 1. The second-order valence-corrected chi connectivity index (χ2v) is 8.05. The number of carbonyl (C=O) groups excluding carboxylic acids is 2. The lowest BCUT2D eigenvalue weighted by Crippen LogP contribution is -2.36. The zero-order valence-electron chi connectivity index (χ0n) is 14.9. The number of fused-ring (bicyclic) bond motifs is 1. The van der Waals surface area contributed by atoms with Crippen LogP contribution in [0.5, 0.6) is 0 Å². The van der Waals surface area contributed by atoms with E-state index in [9.17, 15) is 9.59 Å². The van der Waals surface area contributed by atoms with Crippen molar-refractivity contribution in [2.24, 2.45) is 0 Å². The maximum atomic E-state index is 12.5. The van der Waals surface area contributed by atoms with Gasteiger partial charge in [-0.1, -0.05) is 23.7 Å². The fourth-order valence-electron chi connectivity index (χ4n) is 2.75. The average Bonchev–Trinajstić information content (AvgIpc) is 3.25. The van der Waals surface area contributed by atoms with Gasteiger partial charge < -0.3 is 10.1 Å². The molecule has 1 aliphatic rings. The van der Waals surface area contributed by atoms with Gasteiger partial charge in [-0.2, -0.15) is 5.10 Å². The van der Waals surface area contributed by atoms with E-state index in [2.05, 4.69) is 10.4 Å². The zero-order chi connectivity index (χ0) is 19.1. The first kappa shape index (κ1) is 18.0. The van der Waals surface area contributed by atoms with E-state index in [-0.39, 0.29) is 11.9 Å². The van der Waals surface area contributed by atoms with Gasteiger partial charge in [-0.25, -0.2) is 9.48 Å². The fraction of sp³-hybridized carbons (Fsp3) is 0.316. The maximum Gasteiger partial charge on any atom is 0.349 e. The highest BCUT2D eigenvalue weighted by molar-refractivity contribution is 7.20. The Morgan fingerprint density at radius 3 is 2.81 bits per heavy atom. The molecule has 0 spiro atoms. The van der Waals surface area contributed by atoms with Gasteiger partial charge in [0.15, 0.2) is 6.10 Å². The molecule has 1 N–H and O–H groups in total. The first-order valence-corrected chi connectivity index (χ1v) is 9.89. The van der Waals surface area contributed by atoms with E-state index in [1.165, 1.54) is 11.3 Å². The van der Waals surface area contributed by atoms with Crippen molar-refractivity contribution in [3.05, 3.63) is 45.9 Å². The molecular formula is C19H18ClN3O3S. The summed E-state index contributed by atoms with van der Waals surface area (Å²) in [7, 11) is 0. The Morgan fingerprint density at radius 2 is 2.11 bits per heavy atom. The molecule has 0 unspecified atom stereocenters. The number of esters is 1. The van der Waals surface area contributed by atoms with Gasteiger partial charge in [0.1, 0.15) is 9.71 Å². The van der Waals surface area contributed by atoms with E-state index in [1.807, 2.05) is 25.1 Å². The van der Waals surface area contributed by atoms with Crippen LogP contribution in [0.15, 0.2) is 30.3 Å². The number of nitrogens with zero attached hydrogens (tertiary/aromatic N) is 2. The number of hydrogen-bond donors (Lipinski definition) is 1. The average molecular weight is 404 g/mol. The summed E-state index contributed by atoms with van der Waals surface area (Å²) in [5.74, 6) is -0.773. The van der Waals surface area contributed by atoms with Crippen molar-refractivity contribution in [1.29, 1.82) is 0 Å². The molecule has 140 valence electrons. The number of thiophene rings is 1. The van der Waals surface area contributed by atoms with Gasteiger partial charge in [-0.3, -0.25) is 4.79 Å². The number of halogens is 1. The normalized spacial score (nSPS) is 14.9. The summed E-state index contributed by atoms with van der Waals surface area (Å²) >= 11 is 7.57. The topological polar surface area (TPSA) is 73.2 Å². The highest BCUT2D eigenvalue weighted by Gasteiger charge is 2.28. The molecule has 3 aromatic rings. The Balaban J connectivity index is 1.60. The molecule has 27 heavy (non-hydrogen) atoms. The fourth-order valence-corrected chi connectivity index (χ4v) is 4.03. The van der Waals surface area contributed by atoms with Crippen LogP contribution in [0.3, 0.4) is 0 Å². The molecule has 1 aliphatic carbocycles. The molecule has 2 heterocycles. The largest absolute Gasteiger partial charge is 0.448 e. The van der Waals surface area contributed by atoms with E-state index in [0.29, 0.717) is 9.90 Å². The van der Waals surface area contributed by atoms with Gasteiger partial charge in [0.2, 0.25) is 0 Å². The Kier molecular flexibility index (Phi) is 4.65. The van der Waals surface area contributed by atoms with E-state index in [1.54, 1.807) is 23.7 Å². The smallest absolute Gasteiger partial charge is 0.349 e. The van der Waals surface area contributed by atoms with E-state index < -0.39 is 12.1 Å². The predicted molar refractivity (Wildman–Crippen MR) is 105 cm³/mol. The van der Waals surface area contributed by atoms with Crippen molar-refractivity contribution in [3.8, 4) is 5.69 Å². The van der Waals surface area contributed by atoms with Gasteiger partial charge in [0, 0.05) is 11.4 Å². The van der Waals surface area contributed by atoms with Crippen molar-refractivity contribution in [1.82, 2.24) is 15.1 Å². The molecule has 1 atom stereocenters. The molecule has 0 radical (unpaired) electrons. The third-order valence-electron chi connectivity index (χ3n) is 4.40. The maximum absolute atomic E-state index is 12.5. The van der Waals surface area contributed by atoms with Crippen LogP contribution in [0.4, 0.5) is 0 Å². The van der Waals surface area contributed by atoms with Gasteiger partial charge in [-0.15, -0.1) is 11.3 Å². The lowest BCUT2D eigenvalue weighted by atomic mass is 10.3. The predicted octanol–water partition coefficient (Wildman–Crippen LogP) is 3.87. The summed E-state index contributed by atoms with van der Waals surface area (Å²) < 4.78 is 7.07. The quantitative estimate of drug-likeness (QED) is 0.656. The van der Waals surface area contributed by atoms with Crippen LogP contribution < -0.4 is 5.32 Å². The Morgan fingerprint density at radius 1 is 1.37 bits per heavy atom. The van der Waals surface area contributed by atoms with Crippen molar-refractivity contribution in [2.75, 3.05) is 0 Å².